The average Bonchev–Trinajstić information content (AvgIpc) is 2.87. The molecular weight excluding hydrogens is 364 g/mol. The molecule has 1 heterocycles. The third-order valence-corrected chi connectivity index (χ3v) is 5.03. The van der Waals surface area contributed by atoms with Crippen molar-refractivity contribution in [2.75, 3.05) is 6.54 Å². The summed E-state index contributed by atoms with van der Waals surface area (Å²) in [6.45, 7) is 3.41. The number of rotatable bonds is 6. The average molecular weight is 385 g/mol. The van der Waals surface area contributed by atoms with E-state index in [1.54, 1.807) is 43.3 Å². The zero-order valence-electron chi connectivity index (χ0n) is 15.3. The van der Waals surface area contributed by atoms with Crippen molar-refractivity contribution in [3.05, 3.63) is 70.2 Å². The molecule has 1 N–H and O–H groups in total. The largest absolute Gasteiger partial charge is 0.325 e. The van der Waals surface area contributed by atoms with Crippen LogP contribution in [0.15, 0.2) is 48.5 Å². The molecule has 6 heteroatoms. The molecule has 2 aromatic rings. The van der Waals surface area contributed by atoms with Crippen LogP contribution in [0.3, 0.4) is 0 Å². The van der Waals surface area contributed by atoms with Gasteiger partial charge in [0.05, 0.1) is 6.54 Å². The molecule has 0 bridgehead atoms. The van der Waals surface area contributed by atoms with Gasteiger partial charge in [0, 0.05) is 10.6 Å². The highest BCUT2D eigenvalue weighted by Crippen LogP contribution is 2.30. The lowest BCUT2D eigenvalue weighted by molar-refractivity contribution is -0.130. The first-order chi connectivity index (χ1) is 12.8. The fraction of sp³-hybridized carbons (Fsp3) is 0.286. The number of ketones is 1. The topological polar surface area (TPSA) is 66.5 Å². The Bertz CT molecular complexity index is 895. The van der Waals surface area contributed by atoms with E-state index in [1.165, 1.54) is 0 Å². The predicted molar refractivity (Wildman–Crippen MR) is 104 cm³/mol. The Balaban J connectivity index is 1.78. The molecule has 0 aliphatic carbocycles. The highest BCUT2D eigenvalue weighted by molar-refractivity contribution is 6.30. The molecule has 1 aliphatic heterocycles. The second-order valence-electron chi connectivity index (χ2n) is 6.83. The molecular formula is C21H21ClN2O3. The quantitative estimate of drug-likeness (QED) is 0.606. The number of aryl methyl sites for hydroxylation is 1. The number of hydrogen-bond donors (Lipinski definition) is 1. The van der Waals surface area contributed by atoms with Gasteiger partial charge in [0.2, 0.25) is 0 Å². The van der Waals surface area contributed by atoms with Gasteiger partial charge in [0.25, 0.3) is 5.91 Å². The molecule has 0 radical (unpaired) electrons. The first-order valence-corrected chi connectivity index (χ1v) is 9.25. The maximum Gasteiger partial charge on any atom is 0.325 e. The molecule has 2 aromatic carbocycles. The van der Waals surface area contributed by atoms with Crippen molar-refractivity contribution in [2.24, 2.45) is 0 Å². The fourth-order valence-electron chi connectivity index (χ4n) is 3.22. The molecule has 0 spiro atoms. The van der Waals surface area contributed by atoms with Crippen LogP contribution in [0.1, 0.15) is 41.8 Å². The number of urea groups is 1. The van der Waals surface area contributed by atoms with Crippen LogP contribution in [0.25, 0.3) is 0 Å². The van der Waals surface area contributed by atoms with Crippen LogP contribution in [-0.2, 0) is 16.8 Å². The molecule has 0 saturated carbocycles. The van der Waals surface area contributed by atoms with E-state index in [4.69, 9.17) is 11.6 Å². The number of nitrogens with zero attached hydrogens (tertiary/aromatic N) is 1. The summed E-state index contributed by atoms with van der Waals surface area (Å²) in [4.78, 5) is 38.8. The Morgan fingerprint density at radius 2 is 1.85 bits per heavy atom. The number of amides is 3. The number of halogens is 1. The van der Waals surface area contributed by atoms with Gasteiger partial charge in [-0.1, -0.05) is 61.3 Å². The fourth-order valence-corrected chi connectivity index (χ4v) is 3.41. The lowest BCUT2D eigenvalue weighted by atomic mass is 9.92. The van der Waals surface area contributed by atoms with Crippen molar-refractivity contribution in [3.63, 3.8) is 0 Å². The van der Waals surface area contributed by atoms with Crippen molar-refractivity contribution in [2.45, 2.75) is 32.2 Å². The lowest BCUT2D eigenvalue weighted by Crippen LogP contribution is -2.41. The molecule has 140 valence electrons. The van der Waals surface area contributed by atoms with Gasteiger partial charge in [-0.3, -0.25) is 14.5 Å². The summed E-state index contributed by atoms with van der Waals surface area (Å²) in [7, 11) is 0. The number of Topliss-reactive ketones (excluding diaryl/α,β-unsaturated/α-hetero) is 1. The normalized spacial score (nSPS) is 19.3. The van der Waals surface area contributed by atoms with E-state index in [1.807, 2.05) is 12.1 Å². The summed E-state index contributed by atoms with van der Waals surface area (Å²) in [5.74, 6) is -0.748. The molecule has 27 heavy (non-hydrogen) atoms. The summed E-state index contributed by atoms with van der Waals surface area (Å²) in [5, 5.41) is 3.15. The van der Waals surface area contributed by atoms with E-state index >= 15 is 0 Å². The van der Waals surface area contributed by atoms with E-state index in [-0.39, 0.29) is 12.3 Å². The Morgan fingerprint density at radius 3 is 2.48 bits per heavy atom. The van der Waals surface area contributed by atoms with E-state index < -0.39 is 17.5 Å². The van der Waals surface area contributed by atoms with Gasteiger partial charge in [-0.25, -0.2) is 4.79 Å². The van der Waals surface area contributed by atoms with Gasteiger partial charge in [-0.2, -0.15) is 0 Å². The highest BCUT2D eigenvalue weighted by Gasteiger charge is 2.49. The number of carbonyl (C=O) groups is 3. The van der Waals surface area contributed by atoms with Crippen LogP contribution in [0.2, 0.25) is 5.02 Å². The molecule has 3 rings (SSSR count). The maximum absolute atomic E-state index is 12.9. The smallest absolute Gasteiger partial charge is 0.319 e. The second kappa shape index (κ2) is 7.53. The van der Waals surface area contributed by atoms with Gasteiger partial charge < -0.3 is 5.32 Å². The van der Waals surface area contributed by atoms with Crippen LogP contribution < -0.4 is 5.32 Å². The minimum atomic E-state index is -1.24. The van der Waals surface area contributed by atoms with E-state index in [0.717, 1.165) is 23.3 Å². The number of hydrogen-bond acceptors (Lipinski definition) is 3. The van der Waals surface area contributed by atoms with Gasteiger partial charge >= 0.3 is 6.03 Å². The number of nitrogens with one attached hydrogen (secondary N) is 1. The Hall–Kier alpha value is -2.66. The van der Waals surface area contributed by atoms with Gasteiger partial charge in [-0.15, -0.1) is 0 Å². The second-order valence-corrected chi connectivity index (χ2v) is 7.26. The molecule has 5 nitrogen and oxygen atoms in total. The van der Waals surface area contributed by atoms with E-state index in [9.17, 15) is 14.4 Å². The summed E-state index contributed by atoms with van der Waals surface area (Å²) >= 11 is 6.01. The zero-order chi connectivity index (χ0) is 19.6. The molecule has 1 saturated heterocycles. The van der Waals surface area contributed by atoms with Gasteiger partial charge in [-0.05, 0) is 36.6 Å². The first kappa shape index (κ1) is 19.1. The minimum absolute atomic E-state index is 0.281. The molecule has 0 aromatic heterocycles. The van der Waals surface area contributed by atoms with E-state index in [0.29, 0.717) is 16.1 Å². The van der Waals surface area contributed by atoms with Crippen molar-refractivity contribution in [1.29, 1.82) is 0 Å². The highest BCUT2D eigenvalue weighted by atomic mass is 35.5. The van der Waals surface area contributed by atoms with Crippen molar-refractivity contribution in [3.8, 4) is 0 Å². The molecule has 1 unspecified atom stereocenters. The number of benzene rings is 2. The zero-order valence-corrected chi connectivity index (χ0v) is 16.0. The van der Waals surface area contributed by atoms with Gasteiger partial charge in [0.1, 0.15) is 5.54 Å². The van der Waals surface area contributed by atoms with Crippen LogP contribution >= 0.6 is 11.6 Å². The SMILES string of the molecule is CCCc1ccc(C(=O)CN2C(=O)NC(C)(c3cccc(Cl)c3)C2=O)cc1. The van der Waals surface area contributed by atoms with Crippen LogP contribution in [0, 0.1) is 0 Å². The minimum Gasteiger partial charge on any atom is -0.319 e. The van der Waals surface area contributed by atoms with Crippen molar-refractivity contribution in [1.82, 2.24) is 10.2 Å². The monoisotopic (exact) mass is 384 g/mol. The number of carbonyl (C=O) groups excluding carboxylic acids is 3. The molecule has 1 atom stereocenters. The van der Waals surface area contributed by atoms with E-state index in [2.05, 4.69) is 12.2 Å². The Kier molecular flexibility index (Phi) is 5.33. The summed E-state index contributed by atoms with van der Waals surface area (Å²) in [5.41, 5.74) is 0.962. The van der Waals surface area contributed by atoms with Crippen LogP contribution in [0.5, 0.6) is 0 Å². The standard InChI is InChI=1S/C21H21ClN2O3/c1-3-5-14-8-10-15(11-9-14)18(25)13-24-19(26)21(2,23-20(24)27)16-6-4-7-17(22)12-16/h4,6-12H,3,5,13H2,1-2H3,(H,23,27). The summed E-state index contributed by atoms with van der Waals surface area (Å²) in [6.07, 6.45) is 1.97. The van der Waals surface area contributed by atoms with Crippen molar-refractivity contribution >= 4 is 29.3 Å². The molecule has 3 amide bonds. The Labute approximate surface area is 163 Å². The van der Waals surface area contributed by atoms with Gasteiger partial charge in [0.15, 0.2) is 5.78 Å². The maximum atomic E-state index is 12.9. The summed E-state index contributed by atoms with van der Waals surface area (Å²) < 4.78 is 0. The lowest BCUT2D eigenvalue weighted by Gasteiger charge is -2.22. The molecule has 1 fully saturated rings. The summed E-state index contributed by atoms with van der Waals surface area (Å²) in [6, 6.07) is 13.5. The van der Waals surface area contributed by atoms with Crippen LogP contribution in [0.4, 0.5) is 4.79 Å². The third kappa shape index (κ3) is 3.74. The third-order valence-electron chi connectivity index (χ3n) is 4.79. The number of imide groups is 1. The van der Waals surface area contributed by atoms with Crippen LogP contribution in [-0.4, -0.2) is 29.2 Å². The molecule has 1 aliphatic rings. The first-order valence-electron chi connectivity index (χ1n) is 8.87. The predicted octanol–water partition coefficient (Wildman–Crippen LogP) is 3.94. The Morgan fingerprint density at radius 1 is 1.15 bits per heavy atom. The van der Waals surface area contributed by atoms with Crippen molar-refractivity contribution < 1.29 is 14.4 Å².